The largest absolute Gasteiger partial charge is 0.480 e. The van der Waals surface area contributed by atoms with Crippen LogP contribution in [-0.4, -0.2) is 29.2 Å². The number of halogens is 3. The zero-order valence-corrected chi connectivity index (χ0v) is 12.5. The molecule has 7 heteroatoms. The summed E-state index contributed by atoms with van der Waals surface area (Å²) in [7, 11) is 0. The molecule has 1 rings (SSSR count). The van der Waals surface area contributed by atoms with Gasteiger partial charge in [0, 0.05) is 5.92 Å². The lowest BCUT2D eigenvalue weighted by molar-refractivity contribution is -0.198. The summed E-state index contributed by atoms with van der Waals surface area (Å²) in [6, 6.07) is -1.21. The Balaban J connectivity index is 2.87. The highest BCUT2D eigenvalue weighted by molar-refractivity contribution is 5.85. The van der Waals surface area contributed by atoms with Crippen LogP contribution in [0.15, 0.2) is 0 Å². The fraction of sp³-hybridized carbons (Fsp3) is 0.857. The van der Waals surface area contributed by atoms with Crippen molar-refractivity contribution in [3.05, 3.63) is 0 Å². The number of nitrogens with one attached hydrogen (secondary N) is 1. The molecule has 0 radical (unpaired) electrons. The summed E-state index contributed by atoms with van der Waals surface area (Å²) in [5, 5.41) is 11.4. The minimum atomic E-state index is -4.43. The van der Waals surface area contributed by atoms with Gasteiger partial charge in [-0.1, -0.05) is 33.6 Å². The number of carbonyl (C=O) groups excluding carboxylic acids is 1. The van der Waals surface area contributed by atoms with Gasteiger partial charge in [0.15, 0.2) is 0 Å². The molecule has 122 valence electrons. The lowest BCUT2D eigenvalue weighted by atomic mass is 9.77. The van der Waals surface area contributed by atoms with E-state index in [1.54, 1.807) is 20.8 Å². The van der Waals surface area contributed by atoms with E-state index >= 15 is 0 Å². The predicted molar refractivity (Wildman–Crippen MR) is 70.5 cm³/mol. The van der Waals surface area contributed by atoms with E-state index in [9.17, 15) is 22.8 Å². The van der Waals surface area contributed by atoms with Gasteiger partial charge < -0.3 is 10.4 Å². The summed E-state index contributed by atoms with van der Waals surface area (Å²) in [4.78, 5) is 23.3. The number of hydrogen-bond donors (Lipinski definition) is 2. The molecule has 0 aliphatic heterocycles. The first-order valence-corrected chi connectivity index (χ1v) is 7.04. The number of amides is 1. The SMILES string of the molecule is CC(C)(C)C(NC(=O)C1CCCCC1C(F)(F)F)C(=O)O. The van der Waals surface area contributed by atoms with Crippen LogP contribution >= 0.6 is 0 Å². The van der Waals surface area contributed by atoms with Crippen LogP contribution in [0.5, 0.6) is 0 Å². The molecule has 0 bridgehead atoms. The number of alkyl halides is 3. The topological polar surface area (TPSA) is 66.4 Å². The molecule has 0 heterocycles. The maximum Gasteiger partial charge on any atom is 0.392 e. The van der Waals surface area contributed by atoms with E-state index in [0.717, 1.165) is 0 Å². The molecule has 2 N–H and O–H groups in total. The van der Waals surface area contributed by atoms with Gasteiger partial charge in [0.25, 0.3) is 0 Å². The molecule has 0 saturated heterocycles. The molecule has 21 heavy (non-hydrogen) atoms. The summed E-state index contributed by atoms with van der Waals surface area (Å²) < 4.78 is 39.0. The molecule has 1 fully saturated rings. The van der Waals surface area contributed by atoms with E-state index in [1.807, 2.05) is 0 Å². The second kappa shape index (κ2) is 6.23. The van der Waals surface area contributed by atoms with Gasteiger partial charge in [-0.05, 0) is 18.3 Å². The molecular formula is C14H22F3NO3. The van der Waals surface area contributed by atoms with E-state index in [-0.39, 0.29) is 12.8 Å². The van der Waals surface area contributed by atoms with Crippen LogP contribution in [0, 0.1) is 17.3 Å². The van der Waals surface area contributed by atoms with Crippen LogP contribution in [0.25, 0.3) is 0 Å². The molecule has 4 nitrogen and oxygen atoms in total. The first-order valence-electron chi connectivity index (χ1n) is 7.04. The first-order chi connectivity index (χ1) is 9.44. The second-order valence-electron chi connectivity index (χ2n) is 6.68. The lowest BCUT2D eigenvalue weighted by Gasteiger charge is -2.34. The van der Waals surface area contributed by atoms with Crippen LogP contribution in [0.1, 0.15) is 46.5 Å². The molecule has 3 atom stereocenters. The number of rotatable bonds is 3. The number of aliphatic carboxylic acids is 1. The Morgan fingerprint density at radius 2 is 1.67 bits per heavy atom. The van der Waals surface area contributed by atoms with Crippen molar-refractivity contribution in [1.82, 2.24) is 5.32 Å². The molecule has 0 aromatic heterocycles. The van der Waals surface area contributed by atoms with Crippen LogP contribution < -0.4 is 5.32 Å². The Morgan fingerprint density at radius 1 is 1.14 bits per heavy atom. The normalized spacial score (nSPS) is 25.2. The second-order valence-corrected chi connectivity index (χ2v) is 6.68. The van der Waals surface area contributed by atoms with E-state index < -0.39 is 41.3 Å². The maximum absolute atomic E-state index is 13.0. The average Bonchev–Trinajstić information content (AvgIpc) is 2.32. The molecule has 1 aliphatic rings. The molecular weight excluding hydrogens is 287 g/mol. The fourth-order valence-electron chi connectivity index (χ4n) is 2.73. The predicted octanol–water partition coefficient (Wildman–Crippen LogP) is 2.97. The van der Waals surface area contributed by atoms with E-state index in [4.69, 9.17) is 5.11 Å². The van der Waals surface area contributed by atoms with Crippen molar-refractivity contribution in [3.8, 4) is 0 Å². The summed E-state index contributed by atoms with van der Waals surface area (Å²) in [5.74, 6) is -4.92. The van der Waals surface area contributed by atoms with Gasteiger partial charge in [-0.25, -0.2) is 4.79 Å². The van der Waals surface area contributed by atoms with E-state index in [1.165, 1.54) is 0 Å². The van der Waals surface area contributed by atoms with Crippen molar-refractivity contribution in [1.29, 1.82) is 0 Å². The Kier molecular flexibility index (Phi) is 5.28. The van der Waals surface area contributed by atoms with Crippen molar-refractivity contribution in [3.63, 3.8) is 0 Å². The third-order valence-electron chi connectivity index (χ3n) is 3.92. The van der Waals surface area contributed by atoms with Crippen molar-refractivity contribution in [2.24, 2.45) is 17.3 Å². The number of hydrogen-bond acceptors (Lipinski definition) is 2. The van der Waals surface area contributed by atoms with Gasteiger partial charge in [-0.3, -0.25) is 4.79 Å². The summed E-state index contributed by atoms with van der Waals surface area (Å²) >= 11 is 0. The highest BCUT2D eigenvalue weighted by Gasteiger charge is 2.48. The molecule has 0 aromatic rings. The smallest absolute Gasteiger partial charge is 0.392 e. The van der Waals surface area contributed by atoms with Crippen LogP contribution in [-0.2, 0) is 9.59 Å². The minimum absolute atomic E-state index is 0.0746. The number of carboxylic acids is 1. The van der Waals surface area contributed by atoms with Crippen molar-refractivity contribution < 1.29 is 27.9 Å². The highest BCUT2D eigenvalue weighted by Crippen LogP contribution is 2.41. The molecule has 1 saturated carbocycles. The monoisotopic (exact) mass is 309 g/mol. The van der Waals surface area contributed by atoms with Gasteiger partial charge in [-0.15, -0.1) is 0 Å². The zero-order valence-electron chi connectivity index (χ0n) is 12.5. The molecule has 0 spiro atoms. The quantitative estimate of drug-likeness (QED) is 0.842. The number of carboxylic acid groups (broad SMARTS) is 1. The molecule has 1 amide bonds. The minimum Gasteiger partial charge on any atom is -0.480 e. The molecule has 0 aromatic carbocycles. The molecule has 1 aliphatic carbocycles. The summed E-state index contributed by atoms with van der Waals surface area (Å²) in [6.07, 6.45) is -3.36. The Hall–Kier alpha value is -1.27. The lowest BCUT2D eigenvalue weighted by Crippen LogP contribution is -2.53. The summed E-state index contributed by atoms with van der Waals surface area (Å²) in [5.41, 5.74) is -0.774. The third kappa shape index (κ3) is 4.61. The Morgan fingerprint density at radius 3 is 2.10 bits per heavy atom. The van der Waals surface area contributed by atoms with Gasteiger partial charge >= 0.3 is 12.1 Å². The Bertz CT molecular complexity index is 401. The van der Waals surface area contributed by atoms with Gasteiger partial charge in [0.1, 0.15) is 6.04 Å². The summed E-state index contributed by atoms with van der Waals surface area (Å²) in [6.45, 7) is 4.86. The highest BCUT2D eigenvalue weighted by atomic mass is 19.4. The van der Waals surface area contributed by atoms with E-state index in [2.05, 4.69) is 5.32 Å². The van der Waals surface area contributed by atoms with E-state index in [0.29, 0.717) is 12.8 Å². The zero-order chi connectivity index (χ0) is 16.4. The van der Waals surface area contributed by atoms with Gasteiger partial charge in [0.05, 0.1) is 5.92 Å². The average molecular weight is 309 g/mol. The first kappa shape index (κ1) is 17.8. The van der Waals surface area contributed by atoms with Gasteiger partial charge in [0.2, 0.25) is 5.91 Å². The van der Waals surface area contributed by atoms with Crippen LogP contribution in [0.2, 0.25) is 0 Å². The Labute approximate surface area is 122 Å². The van der Waals surface area contributed by atoms with Crippen LogP contribution in [0.4, 0.5) is 13.2 Å². The van der Waals surface area contributed by atoms with Crippen molar-refractivity contribution in [2.75, 3.05) is 0 Å². The fourth-order valence-corrected chi connectivity index (χ4v) is 2.73. The standard InChI is InChI=1S/C14H22F3NO3/c1-13(2,3)10(12(20)21)18-11(19)8-6-4-5-7-9(8)14(15,16)17/h8-10H,4-7H2,1-3H3,(H,18,19)(H,20,21). The molecule has 3 unspecified atom stereocenters. The third-order valence-corrected chi connectivity index (χ3v) is 3.92. The van der Waals surface area contributed by atoms with Crippen molar-refractivity contribution in [2.45, 2.75) is 58.7 Å². The van der Waals surface area contributed by atoms with Gasteiger partial charge in [-0.2, -0.15) is 13.2 Å². The van der Waals surface area contributed by atoms with Crippen molar-refractivity contribution >= 4 is 11.9 Å². The van der Waals surface area contributed by atoms with Crippen LogP contribution in [0.3, 0.4) is 0 Å². The maximum atomic E-state index is 13.0. The number of carbonyl (C=O) groups is 2.